The van der Waals surface area contributed by atoms with Crippen molar-refractivity contribution in [2.24, 2.45) is 0 Å². The molecule has 2 aromatic rings. The zero-order chi connectivity index (χ0) is 18.1. The van der Waals surface area contributed by atoms with E-state index in [1.54, 1.807) is 12.1 Å². The Morgan fingerprint density at radius 2 is 2.08 bits per heavy atom. The first-order valence-electron chi connectivity index (χ1n) is 7.56. The average molecular weight is 358 g/mol. The lowest BCUT2D eigenvalue weighted by Crippen LogP contribution is -2.08. The first-order chi connectivity index (χ1) is 11.9. The largest absolute Gasteiger partial charge is 0.772 e. The number of Topliss-reactive ketones (excluding diaryl/α,β-unsaturated/α-hetero) is 1. The summed E-state index contributed by atoms with van der Waals surface area (Å²) >= 11 is -2.35. The first-order valence-corrected chi connectivity index (χ1v) is 8.70. The molecule has 7 heteroatoms. The number of nitrogens with zero attached hydrogens (tertiary/aromatic N) is 1. The fraction of sp³-hybridized carbons (Fsp3) is 0.222. The van der Waals surface area contributed by atoms with Crippen LogP contribution in [0.15, 0.2) is 30.3 Å². The number of rotatable bonds is 4. The number of halogens is 1. The van der Waals surface area contributed by atoms with Crippen LogP contribution in [0.1, 0.15) is 45.6 Å². The van der Waals surface area contributed by atoms with Crippen LogP contribution in [0.2, 0.25) is 0 Å². The topological polar surface area (TPSA) is 90.2 Å². The van der Waals surface area contributed by atoms with Crippen molar-refractivity contribution in [3.63, 3.8) is 0 Å². The van der Waals surface area contributed by atoms with Crippen LogP contribution in [0.4, 0.5) is 4.39 Å². The van der Waals surface area contributed by atoms with Gasteiger partial charge in [-0.15, -0.1) is 0 Å². The molecule has 1 aliphatic rings. The lowest BCUT2D eigenvalue weighted by Gasteiger charge is -2.19. The van der Waals surface area contributed by atoms with Gasteiger partial charge < -0.3 is 9.29 Å². The first kappa shape index (κ1) is 17.3. The van der Waals surface area contributed by atoms with Crippen molar-refractivity contribution in [1.29, 1.82) is 5.26 Å². The third-order valence-electron chi connectivity index (χ3n) is 4.14. The van der Waals surface area contributed by atoms with Crippen molar-refractivity contribution in [2.75, 3.05) is 0 Å². The van der Waals surface area contributed by atoms with Crippen LogP contribution in [0.25, 0.3) is 0 Å². The maximum atomic E-state index is 13.6. The van der Waals surface area contributed by atoms with Crippen molar-refractivity contribution in [1.82, 2.24) is 0 Å². The number of benzene rings is 2. The molecule has 2 unspecified atom stereocenters. The van der Waals surface area contributed by atoms with E-state index in [0.29, 0.717) is 28.9 Å². The predicted molar refractivity (Wildman–Crippen MR) is 87.6 cm³/mol. The number of ketones is 1. The Morgan fingerprint density at radius 1 is 1.32 bits per heavy atom. The van der Waals surface area contributed by atoms with E-state index < -0.39 is 22.1 Å². The Labute approximate surface area is 146 Å². The number of ether oxygens (including phenoxy) is 1. The highest BCUT2D eigenvalue weighted by molar-refractivity contribution is 7.79. The molecule has 0 amide bonds. The Bertz CT molecular complexity index is 935. The summed E-state index contributed by atoms with van der Waals surface area (Å²) in [5, 5.41) is 8.10. The van der Waals surface area contributed by atoms with Crippen LogP contribution in [-0.2, 0) is 17.5 Å². The van der Waals surface area contributed by atoms with Gasteiger partial charge in [-0.2, -0.15) is 5.26 Å². The van der Waals surface area contributed by atoms with Crippen LogP contribution in [0, 0.1) is 17.1 Å². The highest BCUT2D eigenvalue weighted by Gasteiger charge is 2.28. The highest BCUT2D eigenvalue weighted by atomic mass is 32.2. The van der Waals surface area contributed by atoms with Crippen LogP contribution >= 0.6 is 0 Å². The number of nitriles is 1. The maximum Gasteiger partial charge on any atom is 0.163 e. The van der Waals surface area contributed by atoms with Gasteiger partial charge in [-0.25, -0.2) is 4.39 Å². The molecule has 5 nitrogen and oxygen atoms in total. The molecule has 0 fully saturated rings. The van der Waals surface area contributed by atoms with Gasteiger partial charge in [0.1, 0.15) is 17.3 Å². The monoisotopic (exact) mass is 358 g/mol. The van der Waals surface area contributed by atoms with E-state index in [9.17, 15) is 17.9 Å². The second-order valence-electron chi connectivity index (χ2n) is 5.72. The third-order valence-corrected chi connectivity index (χ3v) is 4.97. The standard InChI is InChI=1S/C18H14FNO4S/c1-10(25(22)23)14-3-5-17(15-2-4-16(21)18(14)15)24-13-7-11(9-20)6-12(19)8-13/h3,5-8,10H,2,4H2,1H3,(H,22,23)/p-1. The molecule has 128 valence electrons. The van der Waals surface area contributed by atoms with Gasteiger partial charge in [-0.3, -0.25) is 9.00 Å². The molecule has 0 spiro atoms. The van der Waals surface area contributed by atoms with Gasteiger partial charge in [0.15, 0.2) is 5.78 Å². The fourth-order valence-electron chi connectivity index (χ4n) is 2.94. The van der Waals surface area contributed by atoms with E-state index in [1.807, 2.05) is 6.07 Å². The van der Waals surface area contributed by atoms with Crippen LogP contribution in [0.5, 0.6) is 11.5 Å². The van der Waals surface area contributed by atoms with Crippen molar-refractivity contribution < 1.29 is 22.7 Å². The minimum Gasteiger partial charge on any atom is -0.772 e. The van der Waals surface area contributed by atoms with Crippen molar-refractivity contribution in [3.05, 3.63) is 58.4 Å². The van der Waals surface area contributed by atoms with Gasteiger partial charge in [-0.1, -0.05) is 6.07 Å². The number of fused-ring (bicyclic) bond motifs is 1. The van der Waals surface area contributed by atoms with Crippen molar-refractivity contribution in [2.45, 2.75) is 25.0 Å². The molecule has 0 saturated carbocycles. The second kappa shape index (κ2) is 6.75. The zero-order valence-electron chi connectivity index (χ0n) is 13.2. The highest BCUT2D eigenvalue weighted by Crippen LogP contribution is 2.38. The Morgan fingerprint density at radius 3 is 2.76 bits per heavy atom. The van der Waals surface area contributed by atoms with Crippen molar-refractivity contribution >= 4 is 16.9 Å². The van der Waals surface area contributed by atoms with Gasteiger partial charge in [-0.05, 0) is 48.2 Å². The van der Waals surface area contributed by atoms with Gasteiger partial charge in [0.2, 0.25) is 0 Å². The second-order valence-corrected chi connectivity index (χ2v) is 6.95. The minimum atomic E-state index is -2.35. The number of hydrogen-bond donors (Lipinski definition) is 0. The quantitative estimate of drug-likeness (QED) is 0.780. The predicted octanol–water partition coefficient (Wildman–Crippen LogP) is 3.56. The average Bonchev–Trinajstić information content (AvgIpc) is 2.96. The molecule has 0 heterocycles. The third kappa shape index (κ3) is 3.31. The summed E-state index contributed by atoms with van der Waals surface area (Å²) in [7, 11) is 0. The molecule has 0 radical (unpaired) electrons. The molecule has 3 rings (SSSR count). The molecule has 0 bridgehead atoms. The van der Waals surface area contributed by atoms with Gasteiger partial charge >= 0.3 is 0 Å². The maximum absolute atomic E-state index is 13.6. The van der Waals surface area contributed by atoms with Crippen LogP contribution in [0.3, 0.4) is 0 Å². The summed E-state index contributed by atoms with van der Waals surface area (Å²) in [6, 6.07) is 8.60. The molecule has 1 aliphatic carbocycles. The smallest absolute Gasteiger partial charge is 0.163 e. The Balaban J connectivity index is 2.05. The van der Waals surface area contributed by atoms with E-state index in [4.69, 9.17) is 10.00 Å². The van der Waals surface area contributed by atoms with Crippen LogP contribution in [-0.4, -0.2) is 14.5 Å². The van der Waals surface area contributed by atoms with Gasteiger partial charge in [0, 0.05) is 28.9 Å². The summed E-state index contributed by atoms with van der Waals surface area (Å²) in [6.45, 7) is 1.51. The summed E-state index contributed by atoms with van der Waals surface area (Å²) in [5.41, 5.74) is 1.54. The zero-order valence-corrected chi connectivity index (χ0v) is 14.1. The number of carbonyl (C=O) groups is 1. The molecule has 0 saturated heterocycles. The normalized spacial score (nSPS) is 15.4. The van der Waals surface area contributed by atoms with Gasteiger partial charge in [0.25, 0.3) is 0 Å². The Hall–Kier alpha value is -2.56. The van der Waals surface area contributed by atoms with Crippen molar-refractivity contribution in [3.8, 4) is 17.6 Å². The summed E-state index contributed by atoms with van der Waals surface area (Å²) in [6.07, 6.45) is 0.698. The SMILES string of the molecule is CC(c1ccc(Oc2cc(F)cc(C#N)c2)c2c1C(=O)CC2)S(=O)[O-]. The summed E-state index contributed by atoms with van der Waals surface area (Å²) in [5.74, 6) is -0.229. The molecule has 0 aliphatic heterocycles. The van der Waals surface area contributed by atoms with E-state index in [1.165, 1.54) is 13.0 Å². The van der Waals surface area contributed by atoms with E-state index in [-0.39, 0.29) is 23.5 Å². The fourth-order valence-corrected chi connectivity index (χ4v) is 3.34. The van der Waals surface area contributed by atoms with Gasteiger partial charge in [0.05, 0.1) is 11.6 Å². The molecule has 2 aromatic carbocycles. The van der Waals surface area contributed by atoms with E-state index in [2.05, 4.69) is 0 Å². The molecular weight excluding hydrogens is 345 g/mol. The lowest BCUT2D eigenvalue weighted by molar-refractivity contribution is 0.0993. The van der Waals surface area contributed by atoms with E-state index >= 15 is 0 Å². The number of carbonyl (C=O) groups excluding carboxylic acids is 1. The van der Waals surface area contributed by atoms with E-state index in [0.717, 1.165) is 12.1 Å². The Kier molecular flexibility index (Phi) is 4.66. The summed E-state index contributed by atoms with van der Waals surface area (Å²) in [4.78, 5) is 12.2. The van der Waals surface area contributed by atoms with Crippen LogP contribution < -0.4 is 4.74 Å². The number of hydrogen-bond acceptors (Lipinski definition) is 5. The molecule has 0 N–H and O–H groups in total. The lowest BCUT2D eigenvalue weighted by atomic mass is 9.99. The summed E-state index contributed by atoms with van der Waals surface area (Å²) < 4.78 is 41.8. The molecule has 2 atom stereocenters. The molecular formula is C18H13FNO4S-. The molecule has 0 aromatic heterocycles. The molecule has 25 heavy (non-hydrogen) atoms. The minimum absolute atomic E-state index is 0.120.